The Morgan fingerprint density at radius 1 is 1.04 bits per heavy atom. The number of rotatable bonds is 5. The van der Waals surface area contributed by atoms with E-state index in [0.29, 0.717) is 19.8 Å². The molecule has 0 aromatic heterocycles. The van der Waals surface area contributed by atoms with Gasteiger partial charge in [0.1, 0.15) is 13.2 Å². The average molecular weight is 340 g/mol. The zero-order chi connectivity index (χ0) is 17.6. The second-order valence-corrected chi connectivity index (χ2v) is 6.12. The summed E-state index contributed by atoms with van der Waals surface area (Å²) in [4.78, 5) is 12.1. The molecule has 0 radical (unpaired) electrons. The molecule has 1 heterocycles. The van der Waals surface area contributed by atoms with E-state index in [9.17, 15) is 4.79 Å². The van der Waals surface area contributed by atoms with Gasteiger partial charge in [0.05, 0.1) is 6.04 Å². The summed E-state index contributed by atoms with van der Waals surface area (Å²) in [5.74, 6) is 1.49. The predicted molar refractivity (Wildman–Crippen MR) is 97.0 cm³/mol. The summed E-state index contributed by atoms with van der Waals surface area (Å²) < 4.78 is 11.1. The first kappa shape index (κ1) is 17.1. The van der Waals surface area contributed by atoms with Gasteiger partial charge in [-0.3, -0.25) is 0 Å². The highest BCUT2D eigenvalue weighted by Crippen LogP contribution is 2.30. The maximum Gasteiger partial charge on any atom is 0.315 e. The van der Waals surface area contributed by atoms with E-state index in [0.717, 1.165) is 29.0 Å². The van der Waals surface area contributed by atoms with Gasteiger partial charge < -0.3 is 20.1 Å². The molecule has 1 atom stereocenters. The van der Waals surface area contributed by atoms with Crippen molar-refractivity contribution in [3.8, 4) is 11.5 Å². The van der Waals surface area contributed by atoms with Crippen LogP contribution in [0, 0.1) is 0 Å². The Morgan fingerprint density at radius 3 is 2.44 bits per heavy atom. The normalized spacial score (nSPS) is 13.8. The summed E-state index contributed by atoms with van der Waals surface area (Å²) in [7, 11) is 0. The summed E-state index contributed by atoms with van der Waals surface area (Å²) in [6.45, 7) is 5.67. The van der Waals surface area contributed by atoms with E-state index in [1.807, 2.05) is 25.1 Å². The smallest absolute Gasteiger partial charge is 0.315 e. The van der Waals surface area contributed by atoms with Crippen molar-refractivity contribution < 1.29 is 14.3 Å². The van der Waals surface area contributed by atoms with Crippen molar-refractivity contribution in [1.82, 2.24) is 10.6 Å². The first-order chi connectivity index (χ1) is 12.2. The zero-order valence-electron chi connectivity index (χ0n) is 14.7. The van der Waals surface area contributed by atoms with Crippen molar-refractivity contribution in [2.45, 2.75) is 32.9 Å². The highest BCUT2D eigenvalue weighted by Gasteiger charge is 2.13. The number of fused-ring (bicyclic) bond motifs is 1. The van der Waals surface area contributed by atoms with E-state index in [1.54, 1.807) is 0 Å². The Kier molecular flexibility index (Phi) is 5.43. The van der Waals surface area contributed by atoms with Crippen LogP contribution in [0.4, 0.5) is 4.79 Å². The Hall–Kier alpha value is -2.69. The zero-order valence-corrected chi connectivity index (χ0v) is 14.7. The number of amides is 2. The van der Waals surface area contributed by atoms with Gasteiger partial charge in [0, 0.05) is 6.54 Å². The number of nitrogens with one attached hydrogen (secondary N) is 2. The van der Waals surface area contributed by atoms with Crippen LogP contribution in [0.25, 0.3) is 0 Å². The van der Waals surface area contributed by atoms with Gasteiger partial charge in [0.25, 0.3) is 0 Å². The van der Waals surface area contributed by atoms with E-state index in [-0.39, 0.29) is 12.1 Å². The van der Waals surface area contributed by atoms with Crippen molar-refractivity contribution in [3.63, 3.8) is 0 Å². The lowest BCUT2D eigenvalue weighted by Crippen LogP contribution is -2.36. The number of carbonyl (C=O) groups is 1. The fraction of sp³-hybridized carbons (Fsp3) is 0.350. The van der Waals surface area contributed by atoms with Crippen molar-refractivity contribution in [2.24, 2.45) is 0 Å². The monoisotopic (exact) mass is 340 g/mol. The molecule has 3 rings (SSSR count). The van der Waals surface area contributed by atoms with Gasteiger partial charge in [-0.05, 0) is 42.2 Å². The molecular formula is C20H24N2O3. The Morgan fingerprint density at radius 2 is 1.72 bits per heavy atom. The van der Waals surface area contributed by atoms with Gasteiger partial charge >= 0.3 is 6.03 Å². The molecule has 1 unspecified atom stereocenters. The molecule has 132 valence electrons. The Labute approximate surface area is 148 Å². The molecule has 0 fully saturated rings. The van der Waals surface area contributed by atoms with E-state index >= 15 is 0 Å². The lowest BCUT2D eigenvalue weighted by Gasteiger charge is -2.19. The molecule has 1 aliphatic rings. The largest absolute Gasteiger partial charge is 0.486 e. The van der Waals surface area contributed by atoms with Gasteiger partial charge in [0.15, 0.2) is 11.5 Å². The summed E-state index contributed by atoms with van der Waals surface area (Å²) in [6, 6.07) is 13.8. The van der Waals surface area contributed by atoms with Crippen LogP contribution in [0.15, 0.2) is 42.5 Å². The lowest BCUT2D eigenvalue weighted by molar-refractivity contribution is 0.171. The van der Waals surface area contributed by atoms with Crippen LogP contribution >= 0.6 is 0 Å². The number of benzene rings is 2. The average Bonchev–Trinajstić information content (AvgIpc) is 2.66. The van der Waals surface area contributed by atoms with Crippen LogP contribution < -0.4 is 20.1 Å². The minimum Gasteiger partial charge on any atom is -0.486 e. The summed E-state index contributed by atoms with van der Waals surface area (Å²) in [5, 5.41) is 5.84. The number of hydrogen-bond acceptors (Lipinski definition) is 3. The van der Waals surface area contributed by atoms with E-state index in [2.05, 4.69) is 41.8 Å². The molecule has 0 spiro atoms. The second kappa shape index (κ2) is 7.92. The van der Waals surface area contributed by atoms with Crippen molar-refractivity contribution in [2.75, 3.05) is 13.2 Å². The number of urea groups is 1. The molecular weight excluding hydrogens is 316 g/mol. The third-order valence-electron chi connectivity index (χ3n) is 4.30. The second-order valence-electron chi connectivity index (χ2n) is 6.12. The predicted octanol–water partition coefficient (Wildman–Crippen LogP) is 3.58. The van der Waals surface area contributed by atoms with E-state index in [4.69, 9.17) is 9.47 Å². The highest BCUT2D eigenvalue weighted by atomic mass is 16.6. The third kappa shape index (κ3) is 4.44. The van der Waals surface area contributed by atoms with E-state index < -0.39 is 0 Å². The number of hydrogen-bond donors (Lipinski definition) is 2. The van der Waals surface area contributed by atoms with Crippen LogP contribution in [0.1, 0.15) is 36.6 Å². The van der Waals surface area contributed by atoms with Crippen LogP contribution in [0.5, 0.6) is 11.5 Å². The fourth-order valence-electron chi connectivity index (χ4n) is 2.75. The fourth-order valence-corrected chi connectivity index (χ4v) is 2.75. The molecule has 2 N–H and O–H groups in total. The third-order valence-corrected chi connectivity index (χ3v) is 4.30. The van der Waals surface area contributed by atoms with Gasteiger partial charge in [-0.25, -0.2) is 4.79 Å². The Balaban J connectivity index is 1.52. The van der Waals surface area contributed by atoms with Gasteiger partial charge in [-0.1, -0.05) is 37.3 Å². The molecule has 0 aliphatic carbocycles. The molecule has 5 heteroatoms. The van der Waals surface area contributed by atoms with Crippen molar-refractivity contribution in [3.05, 3.63) is 59.2 Å². The molecule has 0 bridgehead atoms. The van der Waals surface area contributed by atoms with Crippen molar-refractivity contribution in [1.29, 1.82) is 0 Å². The molecule has 2 aromatic carbocycles. The maximum atomic E-state index is 12.1. The van der Waals surface area contributed by atoms with Crippen LogP contribution in [0.3, 0.4) is 0 Å². The first-order valence-electron chi connectivity index (χ1n) is 8.67. The van der Waals surface area contributed by atoms with E-state index in [1.165, 1.54) is 5.56 Å². The van der Waals surface area contributed by atoms with Crippen LogP contribution in [-0.2, 0) is 13.0 Å². The first-order valence-corrected chi connectivity index (χ1v) is 8.67. The molecule has 5 nitrogen and oxygen atoms in total. The Bertz CT molecular complexity index is 728. The molecule has 25 heavy (non-hydrogen) atoms. The SMILES string of the molecule is CCc1ccc(C(C)NC(=O)NCc2ccc3c(c2)OCCO3)cc1. The molecule has 0 saturated carbocycles. The minimum absolute atomic E-state index is 0.0498. The number of ether oxygens (including phenoxy) is 2. The summed E-state index contributed by atoms with van der Waals surface area (Å²) in [6.07, 6.45) is 1.01. The standard InChI is InChI=1S/C20H24N2O3/c1-3-15-4-7-17(8-5-15)14(2)22-20(23)21-13-16-6-9-18-19(12-16)25-11-10-24-18/h4-9,12,14H,3,10-11,13H2,1-2H3,(H2,21,22,23). The van der Waals surface area contributed by atoms with Gasteiger partial charge in [-0.15, -0.1) is 0 Å². The molecule has 2 aromatic rings. The van der Waals surface area contributed by atoms with Crippen molar-refractivity contribution >= 4 is 6.03 Å². The van der Waals surface area contributed by atoms with Gasteiger partial charge in [0.2, 0.25) is 0 Å². The summed E-state index contributed by atoms with van der Waals surface area (Å²) >= 11 is 0. The molecule has 1 aliphatic heterocycles. The van der Waals surface area contributed by atoms with Crippen LogP contribution in [-0.4, -0.2) is 19.2 Å². The quantitative estimate of drug-likeness (QED) is 0.874. The highest BCUT2D eigenvalue weighted by molar-refractivity contribution is 5.74. The maximum absolute atomic E-state index is 12.1. The topological polar surface area (TPSA) is 59.6 Å². The summed E-state index contributed by atoms with van der Waals surface area (Å²) in [5.41, 5.74) is 3.35. The number of aryl methyl sites for hydroxylation is 1. The van der Waals surface area contributed by atoms with Gasteiger partial charge in [-0.2, -0.15) is 0 Å². The number of carbonyl (C=O) groups excluding carboxylic acids is 1. The minimum atomic E-state index is -0.193. The molecule has 2 amide bonds. The lowest BCUT2D eigenvalue weighted by atomic mass is 10.1. The molecule has 0 saturated heterocycles. The van der Waals surface area contributed by atoms with Crippen LogP contribution in [0.2, 0.25) is 0 Å².